The van der Waals surface area contributed by atoms with E-state index in [1.54, 1.807) is 23.9 Å². The van der Waals surface area contributed by atoms with Crippen molar-refractivity contribution in [2.75, 3.05) is 45.8 Å². The average Bonchev–Trinajstić information content (AvgIpc) is 3.47. The fraction of sp³-hybridized carbons (Fsp3) is 0.458. The van der Waals surface area contributed by atoms with Crippen molar-refractivity contribution in [1.82, 2.24) is 29.0 Å². The summed E-state index contributed by atoms with van der Waals surface area (Å²) in [6, 6.07) is 6.92. The summed E-state index contributed by atoms with van der Waals surface area (Å²) in [6.07, 6.45) is 0.229. The molecule has 1 N–H and O–H groups in total. The Morgan fingerprint density at radius 1 is 1.22 bits per heavy atom. The molecule has 0 spiro atoms. The van der Waals surface area contributed by atoms with Crippen molar-refractivity contribution in [1.29, 1.82) is 0 Å². The monoisotopic (exact) mass is 503 g/mol. The largest absolute Gasteiger partial charge is 0.479 e. The Kier molecular flexibility index (Phi) is 6.97. The number of alkyl halides is 3. The lowest BCUT2D eigenvalue weighted by Crippen LogP contribution is -2.48. The molecule has 12 heteroatoms. The maximum absolute atomic E-state index is 14.9. The Morgan fingerprint density at radius 3 is 2.83 bits per heavy atom. The number of halogens is 3. The van der Waals surface area contributed by atoms with E-state index in [1.807, 2.05) is 23.1 Å². The highest BCUT2D eigenvalue weighted by molar-refractivity contribution is 5.89. The van der Waals surface area contributed by atoms with E-state index in [4.69, 9.17) is 9.47 Å². The zero-order valence-electron chi connectivity index (χ0n) is 20.1. The second-order valence-corrected chi connectivity index (χ2v) is 8.81. The van der Waals surface area contributed by atoms with E-state index in [1.165, 1.54) is 18.0 Å². The summed E-state index contributed by atoms with van der Waals surface area (Å²) >= 11 is 0. The SMILES string of the molecule is COCCN1CC[C@H](Nc2nc(OC)c3c(-c4ccc5ncn(CC(F)F)c5c4)ccn3n2)[C@@H](F)C1. The molecule has 2 atom stereocenters. The van der Waals surface area contributed by atoms with Gasteiger partial charge in [-0.15, -0.1) is 5.10 Å². The maximum atomic E-state index is 14.9. The molecule has 192 valence electrons. The Hall–Kier alpha value is -3.38. The van der Waals surface area contributed by atoms with Crippen LogP contribution in [0.1, 0.15) is 6.42 Å². The highest BCUT2D eigenvalue weighted by Crippen LogP contribution is 2.33. The van der Waals surface area contributed by atoms with Crippen LogP contribution >= 0.6 is 0 Å². The number of imidazole rings is 1. The number of methoxy groups -OCH3 is 2. The first-order valence-electron chi connectivity index (χ1n) is 11.8. The van der Waals surface area contributed by atoms with E-state index in [2.05, 4.69) is 20.4 Å². The summed E-state index contributed by atoms with van der Waals surface area (Å²) < 4.78 is 54.5. The van der Waals surface area contributed by atoms with Crippen molar-refractivity contribution in [3.05, 3.63) is 36.8 Å². The number of fused-ring (bicyclic) bond motifs is 2. The summed E-state index contributed by atoms with van der Waals surface area (Å²) in [5.41, 5.74) is 3.42. The number of nitrogens with one attached hydrogen (secondary N) is 1. The van der Waals surface area contributed by atoms with Gasteiger partial charge in [0.2, 0.25) is 11.8 Å². The predicted octanol–water partition coefficient (Wildman–Crippen LogP) is 3.49. The second kappa shape index (κ2) is 10.3. The standard InChI is InChI=1S/C24H28F3N7O2/c1-35-10-9-32-7-6-18(17(25)12-32)29-24-30-23(36-2)22-16(5-8-34(22)31-24)15-3-4-19-20(11-15)33(14-28-19)13-21(26)27/h3-5,8,11,14,17-18,21H,6-7,9-10,12-13H2,1-2H3,(H,29,31)/t17-,18-/m0/s1. The number of anilines is 1. The normalized spacial score (nSPS) is 18.9. The fourth-order valence-corrected chi connectivity index (χ4v) is 4.67. The van der Waals surface area contributed by atoms with Crippen LogP contribution in [0.4, 0.5) is 19.1 Å². The lowest BCUT2D eigenvalue weighted by molar-refractivity contribution is 0.0918. The van der Waals surface area contributed by atoms with Gasteiger partial charge in [-0.3, -0.25) is 4.90 Å². The van der Waals surface area contributed by atoms with Crippen molar-refractivity contribution in [2.24, 2.45) is 0 Å². The van der Waals surface area contributed by atoms with Gasteiger partial charge < -0.3 is 19.4 Å². The van der Waals surface area contributed by atoms with E-state index < -0.39 is 25.2 Å². The third-order valence-corrected chi connectivity index (χ3v) is 6.49. The predicted molar refractivity (Wildman–Crippen MR) is 130 cm³/mol. The Balaban J connectivity index is 1.42. The number of hydrogen-bond acceptors (Lipinski definition) is 7. The quantitative estimate of drug-likeness (QED) is 0.375. The van der Waals surface area contributed by atoms with Gasteiger partial charge in [-0.2, -0.15) is 4.98 Å². The summed E-state index contributed by atoms with van der Waals surface area (Å²) in [7, 11) is 3.14. The van der Waals surface area contributed by atoms with E-state index in [9.17, 15) is 13.2 Å². The van der Waals surface area contributed by atoms with Crippen LogP contribution in [0.2, 0.25) is 0 Å². The summed E-state index contributed by atoms with van der Waals surface area (Å²) in [6.45, 7) is 1.90. The Bertz CT molecular complexity index is 1340. The van der Waals surface area contributed by atoms with Gasteiger partial charge in [-0.05, 0) is 30.2 Å². The van der Waals surface area contributed by atoms with Crippen LogP contribution in [0.5, 0.6) is 5.88 Å². The van der Waals surface area contributed by atoms with Gasteiger partial charge >= 0.3 is 0 Å². The zero-order chi connectivity index (χ0) is 25.2. The number of hydrogen-bond donors (Lipinski definition) is 1. The molecule has 36 heavy (non-hydrogen) atoms. The second-order valence-electron chi connectivity index (χ2n) is 8.81. The number of likely N-dealkylation sites (tertiary alicyclic amines) is 1. The summed E-state index contributed by atoms with van der Waals surface area (Å²) in [4.78, 5) is 10.8. The van der Waals surface area contributed by atoms with Gasteiger partial charge in [0.25, 0.3) is 6.43 Å². The molecule has 0 bridgehead atoms. The average molecular weight is 504 g/mol. The zero-order valence-corrected chi connectivity index (χ0v) is 20.1. The molecular formula is C24H28F3N7O2. The first-order chi connectivity index (χ1) is 17.5. The molecule has 5 rings (SSSR count). The molecule has 4 heterocycles. The lowest BCUT2D eigenvalue weighted by Gasteiger charge is -2.34. The highest BCUT2D eigenvalue weighted by atomic mass is 19.3. The topological polar surface area (TPSA) is 81.7 Å². The number of piperidine rings is 1. The van der Waals surface area contributed by atoms with Crippen molar-refractivity contribution in [2.45, 2.75) is 31.6 Å². The molecule has 0 aliphatic carbocycles. The smallest absolute Gasteiger partial charge is 0.256 e. The molecule has 0 amide bonds. The van der Waals surface area contributed by atoms with Crippen LogP contribution in [0.25, 0.3) is 27.7 Å². The molecule has 1 aromatic carbocycles. The molecule has 3 aromatic heterocycles. The third kappa shape index (κ3) is 4.82. The molecule has 1 fully saturated rings. The van der Waals surface area contributed by atoms with Gasteiger partial charge in [0, 0.05) is 38.5 Å². The number of benzene rings is 1. The number of ether oxygens (including phenoxy) is 2. The molecule has 9 nitrogen and oxygen atoms in total. The molecule has 4 aromatic rings. The first-order valence-corrected chi connectivity index (χ1v) is 11.8. The van der Waals surface area contributed by atoms with E-state index >= 15 is 0 Å². The Labute approximate surface area is 205 Å². The van der Waals surface area contributed by atoms with Crippen LogP contribution in [-0.2, 0) is 11.3 Å². The van der Waals surface area contributed by atoms with Crippen LogP contribution in [0.15, 0.2) is 36.8 Å². The van der Waals surface area contributed by atoms with Crippen LogP contribution in [0, 0.1) is 0 Å². The minimum absolute atomic E-state index is 0.268. The third-order valence-electron chi connectivity index (χ3n) is 6.49. The van der Waals surface area contributed by atoms with Crippen molar-refractivity contribution in [3.63, 3.8) is 0 Å². The van der Waals surface area contributed by atoms with E-state index in [0.717, 1.165) is 17.7 Å². The molecule has 0 saturated carbocycles. The van der Waals surface area contributed by atoms with Crippen LogP contribution in [-0.4, -0.2) is 88.1 Å². The minimum Gasteiger partial charge on any atom is -0.479 e. The summed E-state index contributed by atoms with van der Waals surface area (Å²) in [5, 5.41) is 7.66. The van der Waals surface area contributed by atoms with Gasteiger partial charge in [0.1, 0.15) is 11.7 Å². The molecule has 0 radical (unpaired) electrons. The molecule has 1 aliphatic heterocycles. The number of aromatic nitrogens is 5. The van der Waals surface area contributed by atoms with E-state index in [0.29, 0.717) is 48.5 Å². The first kappa shape index (κ1) is 24.3. The highest BCUT2D eigenvalue weighted by Gasteiger charge is 2.30. The molecule has 0 unspecified atom stereocenters. The van der Waals surface area contributed by atoms with Gasteiger partial charge in [-0.1, -0.05) is 6.07 Å². The van der Waals surface area contributed by atoms with E-state index in [-0.39, 0.29) is 5.95 Å². The van der Waals surface area contributed by atoms with Gasteiger partial charge in [0.15, 0.2) is 0 Å². The van der Waals surface area contributed by atoms with Crippen molar-refractivity contribution >= 4 is 22.5 Å². The minimum atomic E-state index is -2.48. The van der Waals surface area contributed by atoms with Crippen LogP contribution in [0.3, 0.4) is 0 Å². The maximum Gasteiger partial charge on any atom is 0.256 e. The Morgan fingerprint density at radius 2 is 2.08 bits per heavy atom. The molecule has 1 saturated heterocycles. The van der Waals surface area contributed by atoms with Gasteiger partial charge in [0.05, 0.1) is 43.7 Å². The molecule has 1 aliphatic rings. The molecular weight excluding hydrogens is 475 g/mol. The van der Waals surface area contributed by atoms with Crippen LogP contribution < -0.4 is 10.1 Å². The lowest BCUT2D eigenvalue weighted by atomic mass is 10.0. The van der Waals surface area contributed by atoms with Crippen molar-refractivity contribution in [3.8, 4) is 17.0 Å². The summed E-state index contributed by atoms with van der Waals surface area (Å²) in [5.74, 6) is 0.589. The van der Waals surface area contributed by atoms with Crippen molar-refractivity contribution < 1.29 is 22.6 Å². The number of rotatable bonds is 9. The fourth-order valence-electron chi connectivity index (χ4n) is 4.67. The number of nitrogens with zero attached hydrogens (tertiary/aromatic N) is 6. The van der Waals surface area contributed by atoms with Gasteiger partial charge in [-0.25, -0.2) is 22.7 Å².